The molecule has 2 nitrogen and oxygen atoms in total. The van der Waals surface area contributed by atoms with Crippen LogP contribution in [0.5, 0.6) is 0 Å². The van der Waals surface area contributed by atoms with Crippen LogP contribution < -0.4 is 11.1 Å². The summed E-state index contributed by atoms with van der Waals surface area (Å²) in [5.74, 6) is 0.573. The van der Waals surface area contributed by atoms with E-state index < -0.39 is 0 Å². The normalized spacial score (nSPS) is 24.6. The van der Waals surface area contributed by atoms with Crippen LogP contribution in [0, 0.1) is 5.92 Å². The molecular formula is C13H18BrClN2. The van der Waals surface area contributed by atoms with E-state index >= 15 is 0 Å². The monoisotopic (exact) mass is 316 g/mol. The zero-order valence-corrected chi connectivity index (χ0v) is 12.1. The molecule has 4 heteroatoms. The van der Waals surface area contributed by atoms with Gasteiger partial charge in [0.05, 0.1) is 10.7 Å². The lowest BCUT2D eigenvalue weighted by Crippen LogP contribution is -2.36. The molecule has 0 heterocycles. The van der Waals surface area contributed by atoms with E-state index in [-0.39, 0.29) is 0 Å². The van der Waals surface area contributed by atoms with Crippen LogP contribution in [0.4, 0.5) is 5.69 Å². The fraction of sp³-hybridized carbons (Fsp3) is 0.538. The summed E-state index contributed by atoms with van der Waals surface area (Å²) in [6.45, 7) is 0.756. The molecule has 0 aliphatic heterocycles. The van der Waals surface area contributed by atoms with Crippen molar-refractivity contribution < 1.29 is 0 Å². The molecule has 2 atom stereocenters. The van der Waals surface area contributed by atoms with E-state index in [1.807, 2.05) is 18.2 Å². The minimum Gasteiger partial charge on any atom is -0.381 e. The lowest BCUT2D eigenvalue weighted by atomic mass is 9.84. The summed E-state index contributed by atoms with van der Waals surface area (Å²) in [6.07, 6.45) is 4.99. The Labute approximate surface area is 116 Å². The van der Waals surface area contributed by atoms with Gasteiger partial charge in [-0.2, -0.15) is 0 Å². The Balaban J connectivity index is 2.08. The smallest absolute Gasteiger partial charge is 0.0648 e. The van der Waals surface area contributed by atoms with Gasteiger partial charge in [-0.05, 0) is 43.5 Å². The van der Waals surface area contributed by atoms with Crippen LogP contribution in [0.25, 0.3) is 0 Å². The molecule has 2 rings (SSSR count). The van der Waals surface area contributed by atoms with E-state index in [2.05, 4.69) is 21.2 Å². The van der Waals surface area contributed by atoms with Crippen molar-refractivity contribution in [3.05, 3.63) is 27.7 Å². The Bertz CT molecular complexity index is 384. The molecule has 0 spiro atoms. The summed E-state index contributed by atoms with van der Waals surface area (Å²) in [7, 11) is 0. The average molecular weight is 318 g/mol. The van der Waals surface area contributed by atoms with Crippen LogP contribution in [0.2, 0.25) is 5.02 Å². The lowest BCUT2D eigenvalue weighted by molar-refractivity contribution is 0.332. The first kappa shape index (κ1) is 13.2. The third-order valence-corrected chi connectivity index (χ3v) is 4.29. The second kappa shape index (κ2) is 6.07. The third kappa shape index (κ3) is 3.36. The predicted octanol–water partition coefficient (Wildman–Crippen LogP) is 4.03. The number of rotatable bonds is 3. The van der Waals surface area contributed by atoms with Gasteiger partial charge < -0.3 is 11.1 Å². The maximum absolute atomic E-state index is 6.22. The topological polar surface area (TPSA) is 38.0 Å². The second-order valence-electron chi connectivity index (χ2n) is 4.66. The van der Waals surface area contributed by atoms with Crippen molar-refractivity contribution in [2.75, 3.05) is 11.9 Å². The summed E-state index contributed by atoms with van der Waals surface area (Å²) in [5.41, 5.74) is 6.84. The third-order valence-electron chi connectivity index (χ3n) is 3.48. The lowest BCUT2D eigenvalue weighted by Gasteiger charge is -2.32. The number of nitrogens with one attached hydrogen (secondary N) is 1. The molecule has 1 fully saturated rings. The summed E-state index contributed by atoms with van der Waals surface area (Å²) in [5, 5.41) is 4.31. The van der Waals surface area contributed by atoms with E-state index in [1.54, 1.807) is 0 Å². The summed E-state index contributed by atoms with van der Waals surface area (Å²) < 4.78 is 1.01. The van der Waals surface area contributed by atoms with Gasteiger partial charge in [-0.15, -0.1) is 0 Å². The van der Waals surface area contributed by atoms with Gasteiger partial charge in [-0.1, -0.05) is 40.4 Å². The highest BCUT2D eigenvalue weighted by atomic mass is 79.9. The number of anilines is 1. The average Bonchev–Trinajstić information content (AvgIpc) is 2.33. The van der Waals surface area contributed by atoms with Crippen LogP contribution in [0.3, 0.4) is 0 Å². The number of nitrogens with two attached hydrogens (primary N) is 1. The van der Waals surface area contributed by atoms with Crippen LogP contribution in [-0.4, -0.2) is 12.6 Å². The van der Waals surface area contributed by atoms with Crippen molar-refractivity contribution in [2.24, 2.45) is 11.7 Å². The van der Waals surface area contributed by atoms with Gasteiger partial charge in [0, 0.05) is 10.5 Å². The molecule has 1 aromatic rings. The quantitative estimate of drug-likeness (QED) is 0.883. The van der Waals surface area contributed by atoms with Gasteiger partial charge in [-0.25, -0.2) is 0 Å². The largest absolute Gasteiger partial charge is 0.381 e. The SMILES string of the molecule is NCC1CCCCC1Nc1ccc(Br)cc1Cl. The van der Waals surface area contributed by atoms with Crippen molar-refractivity contribution >= 4 is 33.2 Å². The molecule has 3 N–H and O–H groups in total. The first-order valence-electron chi connectivity index (χ1n) is 6.12. The molecule has 2 unspecified atom stereocenters. The molecule has 1 aliphatic carbocycles. The van der Waals surface area contributed by atoms with Crippen LogP contribution >= 0.6 is 27.5 Å². The number of hydrogen-bond acceptors (Lipinski definition) is 2. The Kier molecular flexibility index (Phi) is 4.71. The van der Waals surface area contributed by atoms with Crippen LogP contribution in [0.15, 0.2) is 22.7 Å². The van der Waals surface area contributed by atoms with Gasteiger partial charge in [0.15, 0.2) is 0 Å². The minimum atomic E-state index is 0.465. The molecule has 17 heavy (non-hydrogen) atoms. The number of hydrogen-bond donors (Lipinski definition) is 2. The van der Waals surface area contributed by atoms with Crippen LogP contribution in [0.1, 0.15) is 25.7 Å². The molecule has 0 aromatic heterocycles. The van der Waals surface area contributed by atoms with E-state index in [0.29, 0.717) is 12.0 Å². The van der Waals surface area contributed by atoms with Gasteiger partial charge in [0.25, 0.3) is 0 Å². The maximum atomic E-state index is 6.22. The van der Waals surface area contributed by atoms with Gasteiger partial charge >= 0.3 is 0 Å². The number of halogens is 2. The van der Waals surface area contributed by atoms with Crippen molar-refractivity contribution in [2.45, 2.75) is 31.7 Å². The Morgan fingerprint density at radius 1 is 1.35 bits per heavy atom. The van der Waals surface area contributed by atoms with Crippen molar-refractivity contribution in [3.63, 3.8) is 0 Å². The maximum Gasteiger partial charge on any atom is 0.0648 e. The highest BCUT2D eigenvalue weighted by molar-refractivity contribution is 9.10. The van der Waals surface area contributed by atoms with E-state index in [4.69, 9.17) is 17.3 Å². The van der Waals surface area contributed by atoms with E-state index in [1.165, 1.54) is 25.7 Å². The highest BCUT2D eigenvalue weighted by Gasteiger charge is 2.24. The van der Waals surface area contributed by atoms with Crippen LogP contribution in [-0.2, 0) is 0 Å². The van der Waals surface area contributed by atoms with E-state index in [9.17, 15) is 0 Å². The van der Waals surface area contributed by atoms with Crippen molar-refractivity contribution in [1.29, 1.82) is 0 Å². The van der Waals surface area contributed by atoms with Gasteiger partial charge in [-0.3, -0.25) is 0 Å². The fourth-order valence-corrected chi connectivity index (χ4v) is 3.21. The first-order chi connectivity index (χ1) is 8.20. The number of benzene rings is 1. The first-order valence-corrected chi connectivity index (χ1v) is 7.29. The zero-order chi connectivity index (χ0) is 12.3. The standard InChI is InChI=1S/C13H18BrClN2/c14-10-5-6-13(11(15)7-10)17-12-4-2-1-3-9(12)8-16/h5-7,9,12,17H,1-4,8,16H2. The molecule has 0 bridgehead atoms. The van der Waals surface area contributed by atoms with Gasteiger partial charge in [0.1, 0.15) is 0 Å². The van der Waals surface area contributed by atoms with Crippen molar-refractivity contribution in [3.8, 4) is 0 Å². The molecule has 0 saturated heterocycles. The molecule has 1 saturated carbocycles. The predicted molar refractivity (Wildman–Crippen MR) is 77.6 cm³/mol. The highest BCUT2D eigenvalue weighted by Crippen LogP contribution is 2.31. The Morgan fingerprint density at radius 3 is 2.82 bits per heavy atom. The molecule has 0 radical (unpaired) electrons. The second-order valence-corrected chi connectivity index (χ2v) is 5.98. The molecule has 94 valence electrons. The molecule has 0 amide bonds. The molecule has 1 aromatic carbocycles. The fourth-order valence-electron chi connectivity index (χ4n) is 2.49. The minimum absolute atomic E-state index is 0.465. The van der Waals surface area contributed by atoms with Gasteiger partial charge in [0.2, 0.25) is 0 Å². The summed E-state index contributed by atoms with van der Waals surface area (Å²) in [6, 6.07) is 6.42. The molecule has 1 aliphatic rings. The van der Waals surface area contributed by atoms with E-state index in [0.717, 1.165) is 21.7 Å². The Hall–Kier alpha value is -0.250. The Morgan fingerprint density at radius 2 is 2.12 bits per heavy atom. The summed E-state index contributed by atoms with van der Waals surface area (Å²) in [4.78, 5) is 0. The zero-order valence-electron chi connectivity index (χ0n) is 9.76. The summed E-state index contributed by atoms with van der Waals surface area (Å²) >= 11 is 9.63. The van der Waals surface area contributed by atoms with Crippen molar-refractivity contribution in [1.82, 2.24) is 0 Å². The molecular weight excluding hydrogens is 300 g/mol.